The van der Waals surface area contributed by atoms with Crippen molar-refractivity contribution in [2.75, 3.05) is 43.5 Å². The van der Waals surface area contributed by atoms with Gasteiger partial charge in [-0.15, -0.1) is 0 Å². The van der Waals surface area contributed by atoms with Crippen molar-refractivity contribution in [3.63, 3.8) is 0 Å². The Kier molecular flexibility index (Phi) is 8.40. The van der Waals surface area contributed by atoms with E-state index in [1.54, 1.807) is 12.1 Å². The number of nitrogens with one attached hydrogen (secondary N) is 2. The predicted molar refractivity (Wildman–Crippen MR) is 162 cm³/mol. The Hall–Kier alpha value is -3.53. The van der Waals surface area contributed by atoms with Crippen LogP contribution in [0.3, 0.4) is 0 Å². The number of hydrogen-bond acceptors (Lipinski definition) is 5. The molecule has 6 nitrogen and oxygen atoms in total. The number of carbonyl (C=O) groups excluding carboxylic acids is 1. The van der Waals surface area contributed by atoms with Gasteiger partial charge in [-0.1, -0.05) is 42.5 Å². The first-order chi connectivity index (χ1) is 18.9. The molecule has 0 saturated carbocycles. The molecule has 0 atom stereocenters. The molecule has 0 spiro atoms. The SMILES string of the molecule is COc1c(C(=O)NC(=S)Nc2ccc(N3CCN(Cc4ccccc4F)CC3)cc2)cc2ccccc2c1Br. The topological polar surface area (TPSA) is 56.8 Å². The number of fused-ring (bicyclic) bond motifs is 1. The van der Waals surface area contributed by atoms with Gasteiger partial charge in [-0.2, -0.15) is 0 Å². The number of amides is 1. The van der Waals surface area contributed by atoms with Gasteiger partial charge in [0.1, 0.15) is 11.6 Å². The Morgan fingerprint density at radius 3 is 2.41 bits per heavy atom. The molecule has 4 aromatic carbocycles. The van der Waals surface area contributed by atoms with E-state index in [4.69, 9.17) is 17.0 Å². The molecule has 1 fully saturated rings. The monoisotopic (exact) mass is 606 g/mol. The van der Waals surface area contributed by atoms with Gasteiger partial charge in [0.25, 0.3) is 5.91 Å². The van der Waals surface area contributed by atoms with E-state index >= 15 is 0 Å². The van der Waals surface area contributed by atoms with Crippen molar-refractivity contribution < 1.29 is 13.9 Å². The number of anilines is 2. The highest BCUT2D eigenvalue weighted by Gasteiger charge is 2.20. The first-order valence-electron chi connectivity index (χ1n) is 12.6. The minimum Gasteiger partial charge on any atom is -0.495 e. The third kappa shape index (κ3) is 6.21. The first-order valence-corrected chi connectivity index (χ1v) is 13.8. The zero-order valence-corrected chi connectivity index (χ0v) is 23.8. The average molecular weight is 608 g/mol. The van der Waals surface area contributed by atoms with Crippen molar-refractivity contribution in [3.05, 3.63) is 100 Å². The van der Waals surface area contributed by atoms with Gasteiger partial charge >= 0.3 is 0 Å². The van der Waals surface area contributed by atoms with Crippen molar-refractivity contribution in [2.24, 2.45) is 0 Å². The summed E-state index contributed by atoms with van der Waals surface area (Å²) in [6.45, 7) is 4.06. The van der Waals surface area contributed by atoms with Gasteiger partial charge in [-0.05, 0) is 75.3 Å². The lowest BCUT2D eigenvalue weighted by Crippen LogP contribution is -2.46. The van der Waals surface area contributed by atoms with E-state index in [-0.39, 0.29) is 16.8 Å². The van der Waals surface area contributed by atoms with Crippen molar-refractivity contribution in [2.45, 2.75) is 6.54 Å². The van der Waals surface area contributed by atoms with Gasteiger partial charge in [-0.25, -0.2) is 4.39 Å². The van der Waals surface area contributed by atoms with Gasteiger partial charge in [0.2, 0.25) is 0 Å². The van der Waals surface area contributed by atoms with Gasteiger partial charge < -0.3 is 15.0 Å². The van der Waals surface area contributed by atoms with E-state index in [9.17, 15) is 9.18 Å². The van der Waals surface area contributed by atoms with Crippen LogP contribution in [-0.2, 0) is 6.54 Å². The third-order valence-corrected chi connectivity index (χ3v) is 7.82. The molecule has 39 heavy (non-hydrogen) atoms. The molecule has 4 aromatic rings. The summed E-state index contributed by atoms with van der Waals surface area (Å²) in [4.78, 5) is 17.7. The van der Waals surface area contributed by atoms with Crippen LogP contribution >= 0.6 is 28.1 Å². The van der Waals surface area contributed by atoms with Crippen molar-refractivity contribution >= 4 is 61.3 Å². The van der Waals surface area contributed by atoms with E-state index in [1.165, 1.54) is 13.2 Å². The van der Waals surface area contributed by atoms with Crippen LogP contribution in [-0.4, -0.2) is 49.2 Å². The number of nitrogens with zero attached hydrogens (tertiary/aromatic N) is 2. The molecule has 0 aliphatic carbocycles. The fraction of sp³-hybridized carbons (Fsp3) is 0.200. The lowest BCUT2D eigenvalue weighted by atomic mass is 10.1. The molecule has 0 bridgehead atoms. The molecule has 1 heterocycles. The quantitative estimate of drug-likeness (QED) is 0.255. The number of rotatable bonds is 6. The number of thiocarbonyl (C=S) groups is 1. The maximum absolute atomic E-state index is 14.0. The molecule has 1 amide bonds. The number of methoxy groups -OCH3 is 1. The van der Waals surface area contributed by atoms with Crippen LogP contribution in [0.5, 0.6) is 5.75 Å². The minimum absolute atomic E-state index is 0.151. The number of halogens is 2. The molecule has 0 unspecified atom stereocenters. The Balaban J connectivity index is 1.17. The Labute approximate surface area is 240 Å². The Bertz CT molecular complexity index is 1510. The smallest absolute Gasteiger partial charge is 0.261 e. The van der Waals surface area contributed by atoms with Gasteiger partial charge in [0, 0.05) is 49.7 Å². The molecule has 5 rings (SSSR count). The first kappa shape index (κ1) is 27.1. The van der Waals surface area contributed by atoms with Crippen LogP contribution < -0.4 is 20.3 Å². The number of carbonyl (C=O) groups is 1. The molecule has 1 aliphatic rings. The summed E-state index contributed by atoms with van der Waals surface area (Å²) in [7, 11) is 1.53. The molecule has 0 radical (unpaired) electrons. The van der Waals surface area contributed by atoms with E-state index in [2.05, 4.69) is 36.4 Å². The summed E-state index contributed by atoms with van der Waals surface area (Å²) in [5, 5.41) is 7.91. The van der Waals surface area contributed by atoms with E-state index in [0.717, 1.165) is 58.4 Å². The number of piperazine rings is 1. The highest BCUT2D eigenvalue weighted by molar-refractivity contribution is 9.10. The molecule has 9 heteroatoms. The molecule has 1 saturated heterocycles. The number of ether oxygens (including phenoxy) is 1. The van der Waals surface area contributed by atoms with Crippen LogP contribution in [0, 0.1) is 5.82 Å². The second kappa shape index (κ2) is 12.1. The number of hydrogen-bond donors (Lipinski definition) is 2. The molecule has 2 N–H and O–H groups in total. The number of benzene rings is 4. The Morgan fingerprint density at radius 1 is 1.00 bits per heavy atom. The van der Waals surface area contributed by atoms with E-state index in [0.29, 0.717) is 17.9 Å². The largest absolute Gasteiger partial charge is 0.495 e. The van der Waals surface area contributed by atoms with Crippen LogP contribution in [0.25, 0.3) is 10.8 Å². The second-order valence-electron chi connectivity index (χ2n) is 9.30. The molecule has 0 aromatic heterocycles. The predicted octanol–water partition coefficient (Wildman–Crippen LogP) is 6.20. The Morgan fingerprint density at radius 2 is 1.69 bits per heavy atom. The van der Waals surface area contributed by atoms with Crippen molar-refractivity contribution in [3.8, 4) is 5.75 Å². The normalized spacial score (nSPS) is 13.8. The van der Waals surface area contributed by atoms with Crippen LogP contribution in [0.4, 0.5) is 15.8 Å². The second-order valence-corrected chi connectivity index (χ2v) is 10.5. The third-order valence-electron chi connectivity index (χ3n) is 6.83. The molecular formula is C30H28BrFN4O2S. The summed E-state index contributed by atoms with van der Waals surface area (Å²) in [6.07, 6.45) is 0. The summed E-state index contributed by atoms with van der Waals surface area (Å²) in [5.41, 5.74) is 2.99. The average Bonchev–Trinajstić information content (AvgIpc) is 2.95. The zero-order chi connectivity index (χ0) is 27.4. The zero-order valence-electron chi connectivity index (χ0n) is 21.4. The fourth-order valence-corrected chi connectivity index (χ4v) is 5.72. The maximum atomic E-state index is 14.0. The van der Waals surface area contributed by atoms with E-state index < -0.39 is 0 Å². The lowest BCUT2D eigenvalue weighted by Gasteiger charge is -2.36. The van der Waals surface area contributed by atoms with Crippen LogP contribution in [0.1, 0.15) is 15.9 Å². The maximum Gasteiger partial charge on any atom is 0.261 e. The van der Waals surface area contributed by atoms with Crippen molar-refractivity contribution in [1.29, 1.82) is 0 Å². The highest BCUT2D eigenvalue weighted by Crippen LogP contribution is 2.36. The van der Waals surface area contributed by atoms with Gasteiger partial charge in [0.15, 0.2) is 5.11 Å². The highest BCUT2D eigenvalue weighted by atomic mass is 79.9. The summed E-state index contributed by atoms with van der Waals surface area (Å²) in [6, 6.07) is 24.4. The molecular weight excluding hydrogens is 579 g/mol. The standard InChI is InChI=1S/C30H28BrFN4O2S/c1-38-28-25(18-20-6-2-4-8-24(20)27(28)31)29(37)34-30(39)33-22-10-12-23(13-11-22)36-16-14-35(15-17-36)19-21-7-3-5-9-26(21)32/h2-13,18H,14-17,19H2,1H3,(H2,33,34,37,39). The fourth-order valence-electron chi connectivity index (χ4n) is 4.77. The van der Waals surface area contributed by atoms with Crippen LogP contribution in [0.2, 0.25) is 0 Å². The lowest BCUT2D eigenvalue weighted by molar-refractivity contribution is 0.0975. The summed E-state index contributed by atoms with van der Waals surface area (Å²) in [5.74, 6) is -0.0607. The van der Waals surface area contributed by atoms with Crippen LogP contribution in [0.15, 0.2) is 83.3 Å². The molecule has 1 aliphatic heterocycles. The van der Waals surface area contributed by atoms with Gasteiger partial charge in [-0.3, -0.25) is 15.0 Å². The minimum atomic E-state index is -0.360. The van der Waals surface area contributed by atoms with Crippen molar-refractivity contribution in [1.82, 2.24) is 10.2 Å². The summed E-state index contributed by atoms with van der Waals surface area (Å²) >= 11 is 8.98. The molecule has 200 valence electrons. The summed E-state index contributed by atoms with van der Waals surface area (Å²) < 4.78 is 20.2. The van der Waals surface area contributed by atoms with Gasteiger partial charge in [0.05, 0.1) is 17.1 Å². The van der Waals surface area contributed by atoms with E-state index in [1.807, 2.05) is 60.7 Å².